The maximum Gasteiger partial charge on any atom is 0.0638 e. The minimum Gasteiger partial charge on any atom is -0.298 e. The van der Waals surface area contributed by atoms with Crippen LogP contribution in [0.4, 0.5) is 0 Å². The Balaban J connectivity index is 2.39. The smallest absolute Gasteiger partial charge is 0.0638 e. The molecular formula is C12H23N3. The van der Waals surface area contributed by atoms with Crippen molar-refractivity contribution >= 4 is 0 Å². The van der Waals surface area contributed by atoms with E-state index in [4.69, 9.17) is 5.26 Å². The molecule has 1 unspecified atom stereocenters. The van der Waals surface area contributed by atoms with Crippen LogP contribution in [0.5, 0.6) is 0 Å². The molecule has 0 spiro atoms. The summed E-state index contributed by atoms with van der Waals surface area (Å²) in [6.07, 6.45) is 1.77. The summed E-state index contributed by atoms with van der Waals surface area (Å²) >= 11 is 0. The Hall–Kier alpha value is -0.590. The Bertz CT molecular complexity index is 211. The molecule has 3 nitrogen and oxygen atoms in total. The van der Waals surface area contributed by atoms with Crippen molar-refractivity contribution in [3.63, 3.8) is 0 Å². The predicted molar refractivity (Wildman–Crippen MR) is 62.6 cm³/mol. The van der Waals surface area contributed by atoms with Crippen LogP contribution in [0, 0.1) is 11.3 Å². The molecule has 0 amide bonds. The second-order valence-electron chi connectivity index (χ2n) is 4.59. The molecule has 0 bridgehead atoms. The highest BCUT2D eigenvalue weighted by molar-refractivity contribution is 4.85. The summed E-state index contributed by atoms with van der Waals surface area (Å²) in [6.45, 7) is 11.2. The van der Waals surface area contributed by atoms with Gasteiger partial charge in [0.15, 0.2) is 0 Å². The predicted octanol–water partition coefficient (Wildman–Crippen LogP) is 1.70. The van der Waals surface area contributed by atoms with Crippen LogP contribution in [0.25, 0.3) is 0 Å². The zero-order valence-electron chi connectivity index (χ0n) is 10.2. The number of hydrogen-bond acceptors (Lipinski definition) is 3. The lowest BCUT2D eigenvalue weighted by molar-refractivity contribution is 0.0778. The number of hydrogen-bond donors (Lipinski definition) is 0. The maximum absolute atomic E-state index is 8.75. The fraction of sp³-hybridized carbons (Fsp3) is 0.917. The molecule has 0 saturated carbocycles. The Morgan fingerprint density at radius 3 is 2.07 bits per heavy atom. The lowest BCUT2D eigenvalue weighted by Crippen LogP contribution is -2.51. The minimum atomic E-state index is 0.476. The summed E-state index contributed by atoms with van der Waals surface area (Å²) in [5.74, 6) is 0. The standard InChI is InChI=1S/C12H23N3/c1-4-12(5-6-13)15-9-7-14(8-10-15)11(2)3/h11-12H,4-5,7-10H2,1-3H3. The molecule has 0 aromatic carbocycles. The molecule has 86 valence electrons. The Morgan fingerprint density at radius 2 is 1.67 bits per heavy atom. The monoisotopic (exact) mass is 209 g/mol. The van der Waals surface area contributed by atoms with Gasteiger partial charge in [-0.3, -0.25) is 9.80 Å². The van der Waals surface area contributed by atoms with E-state index >= 15 is 0 Å². The molecule has 1 atom stereocenters. The SMILES string of the molecule is CCC(CC#N)N1CCN(C(C)C)CC1. The average Bonchev–Trinajstić information content (AvgIpc) is 2.26. The summed E-state index contributed by atoms with van der Waals surface area (Å²) in [6, 6.07) is 3.43. The lowest BCUT2D eigenvalue weighted by atomic mass is 10.1. The van der Waals surface area contributed by atoms with Gasteiger partial charge in [-0.2, -0.15) is 5.26 Å². The van der Waals surface area contributed by atoms with Crippen molar-refractivity contribution < 1.29 is 0 Å². The molecule has 0 aromatic heterocycles. The zero-order chi connectivity index (χ0) is 11.3. The van der Waals surface area contributed by atoms with Gasteiger partial charge in [-0.05, 0) is 20.3 Å². The van der Waals surface area contributed by atoms with Crippen LogP contribution in [0.15, 0.2) is 0 Å². The van der Waals surface area contributed by atoms with E-state index < -0.39 is 0 Å². The Labute approximate surface area is 93.7 Å². The fourth-order valence-corrected chi connectivity index (χ4v) is 2.26. The van der Waals surface area contributed by atoms with Crippen molar-refractivity contribution in [1.82, 2.24) is 9.80 Å². The summed E-state index contributed by atoms with van der Waals surface area (Å²) in [5.41, 5.74) is 0. The van der Waals surface area contributed by atoms with Crippen molar-refractivity contribution in [2.75, 3.05) is 26.2 Å². The van der Waals surface area contributed by atoms with E-state index in [1.807, 2.05) is 0 Å². The lowest BCUT2D eigenvalue weighted by Gasteiger charge is -2.40. The van der Waals surface area contributed by atoms with Gasteiger partial charge >= 0.3 is 0 Å². The van der Waals surface area contributed by atoms with Crippen LogP contribution in [-0.4, -0.2) is 48.1 Å². The third-order valence-electron chi connectivity index (χ3n) is 3.39. The zero-order valence-corrected chi connectivity index (χ0v) is 10.2. The largest absolute Gasteiger partial charge is 0.298 e. The molecule has 0 N–H and O–H groups in total. The molecule has 1 saturated heterocycles. The molecular weight excluding hydrogens is 186 g/mol. The van der Waals surface area contributed by atoms with Crippen molar-refractivity contribution in [1.29, 1.82) is 5.26 Å². The van der Waals surface area contributed by atoms with Gasteiger partial charge < -0.3 is 0 Å². The van der Waals surface area contributed by atoms with E-state index in [0.29, 0.717) is 18.5 Å². The third kappa shape index (κ3) is 3.48. The molecule has 15 heavy (non-hydrogen) atoms. The second kappa shape index (κ2) is 6.09. The normalized spacial score (nSPS) is 21.5. The van der Waals surface area contributed by atoms with Crippen molar-refractivity contribution in [2.45, 2.75) is 45.7 Å². The number of piperazine rings is 1. The van der Waals surface area contributed by atoms with E-state index in [1.165, 1.54) is 0 Å². The fourth-order valence-electron chi connectivity index (χ4n) is 2.26. The molecule has 1 aliphatic rings. The molecule has 0 aromatic rings. The first-order valence-electron chi connectivity index (χ1n) is 6.04. The van der Waals surface area contributed by atoms with Crippen molar-refractivity contribution in [3.05, 3.63) is 0 Å². The van der Waals surface area contributed by atoms with Gasteiger partial charge in [0.1, 0.15) is 0 Å². The van der Waals surface area contributed by atoms with E-state index in [-0.39, 0.29) is 0 Å². The van der Waals surface area contributed by atoms with Crippen LogP contribution < -0.4 is 0 Å². The molecule has 1 heterocycles. The highest BCUT2D eigenvalue weighted by Gasteiger charge is 2.23. The van der Waals surface area contributed by atoms with Crippen LogP contribution in [0.1, 0.15) is 33.6 Å². The number of nitrogens with zero attached hydrogens (tertiary/aromatic N) is 3. The summed E-state index contributed by atoms with van der Waals surface area (Å²) in [7, 11) is 0. The molecule has 0 aliphatic carbocycles. The molecule has 1 fully saturated rings. The van der Waals surface area contributed by atoms with Gasteiger partial charge in [-0.15, -0.1) is 0 Å². The highest BCUT2D eigenvalue weighted by atomic mass is 15.3. The third-order valence-corrected chi connectivity index (χ3v) is 3.39. The first-order chi connectivity index (χ1) is 7.19. The number of rotatable bonds is 4. The molecule has 1 aliphatic heterocycles. The van der Waals surface area contributed by atoms with E-state index in [9.17, 15) is 0 Å². The number of nitriles is 1. The van der Waals surface area contributed by atoms with Crippen LogP contribution in [0.3, 0.4) is 0 Å². The Kier molecular flexibility index (Phi) is 5.07. The van der Waals surface area contributed by atoms with Crippen LogP contribution >= 0.6 is 0 Å². The highest BCUT2D eigenvalue weighted by Crippen LogP contribution is 2.13. The summed E-state index contributed by atoms with van der Waals surface area (Å²) < 4.78 is 0. The van der Waals surface area contributed by atoms with Gasteiger partial charge in [0.2, 0.25) is 0 Å². The molecule has 1 rings (SSSR count). The van der Waals surface area contributed by atoms with Gasteiger partial charge in [-0.1, -0.05) is 6.92 Å². The van der Waals surface area contributed by atoms with Crippen LogP contribution in [0.2, 0.25) is 0 Å². The van der Waals surface area contributed by atoms with Crippen molar-refractivity contribution in [3.8, 4) is 6.07 Å². The summed E-state index contributed by atoms with van der Waals surface area (Å²) in [4.78, 5) is 4.98. The summed E-state index contributed by atoms with van der Waals surface area (Å²) in [5, 5.41) is 8.75. The van der Waals surface area contributed by atoms with Crippen LogP contribution in [-0.2, 0) is 0 Å². The van der Waals surface area contributed by atoms with Crippen molar-refractivity contribution in [2.24, 2.45) is 0 Å². The topological polar surface area (TPSA) is 30.3 Å². The first kappa shape index (κ1) is 12.5. The van der Waals surface area contributed by atoms with Gasteiger partial charge in [0.25, 0.3) is 0 Å². The Morgan fingerprint density at radius 1 is 1.13 bits per heavy atom. The second-order valence-corrected chi connectivity index (χ2v) is 4.59. The van der Waals surface area contributed by atoms with Gasteiger partial charge in [0, 0.05) is 38.3 Å². The quantitative estimate of drug-likeness (QED) is 0.706. The van der Waals surface area contributed by atoms with Gasteiger partial charge in [-0.25, -0.2) is 0 Å². The maximum atomic E-state index is 8.75. The minimum absolute atomic E-state index is 0.476. The van der Waals surface area contributed by atoms with E-state index in [0.717, 1.165) is 32.6 Å². The molecule has 3 heteroatoms. The van der Waals surface area contributed by atoms with Gasteiger partial charge in [0.05, 0.1) is 12.5 Å². The average molecular weight is 209 g/mol. The van der Waals surface area contributed by atoms with E-state index in [1.54, 1.807) is 0 Å². The van der Waals surface area contributed by atoms with E-state index in [2.05, 4.69) is 36.6 Å². The molecule has 0 radical (unpaired) electrons. The first-order valence-corrected chi connectivity index (χ1v) is 6.04.